The Hall–Kier alpha value is -2.02. The number of hydrogen-bond acceptors (Lipinski definition) is 4. The van der Waals surface area contributed by atoms with E-state index >= 15 is 0 Å². The van der Waals surface area contributed by atoms with Crippen molar-refractivity contribution in [1.82, 2.24) is 5.32 Å². The Morgan fingerprint density at radius 2 is 2.00 bits per heavy atom. The van der Waals surface area contributed by atoms with Crippen molar-refractivity contribution in [2.24, 2.45) is 8.73 Å². The largest absolute Gasteiger partial charge is 0.481 e. The third-order valence-electron chi connectivity index (χ3n) is 2.62. The van der Waals surface area contributed by atoms with E-state index in [2.05, 4.69) is 14.0 Å². The standard InChI is InChI=1S/C12H13N3O3S/c16-11(17)3-1-2-6-13-12(18)8-4-5-9-10(7-8)15-19-14-9/h4-5,7H,1-3,6H2,(H,13,18)(H,16,17). The van der Waals surface area contributed by atoms with E-state index < -0.39 is 5.97 Å². The van der Waals surface area contributed by atoms with Gasteiger partial charge in [-0.2, -0.15) is 8.73 Å². The van der Waals surface area contributed by atoms with Crippen molar-refractivity contribution in [3.05, 3.63) is 23.8 Å². The summed E-state index contributed by atoms with van der Waals surface area (Å²) in [6.45, 7) is 0.472. The first-order chi connectivity index (χ1) is 9.16. The number of aliphatic carboxylic acids is 1. The maximum atomic E-state index is 11.8. The molecule has 7 heteroatoms. The molecule has 1 aromatic rings. The van der Waals surface area contributed by atoms with Crippen molar-refractivity contribution in [1.29, 1.82) is 0 Å². The number of amides is 1. The highest BCUT2D eigenvalue weighted by Crippen LogP contribution is 2.31. The number of benzene rings is 1. The van der Waals surface area contributed by atoms with Crippen molar-refractivity contribution in [3.63, 3.8) is 0 Å². The lowest BCUT2D eigenvalue weighted by molar-refractivity contribution is -0.137. The molecule has 0 unspecified atom stereocenters. The number of carbonyl (C=O) groups excluding carboxylic acids is 1. The fraction of sp³-hybridized carbons (Fsp3) is 0.333. The second-order valence-electron chi connectivity index (χ2n) is 4.07. The van der Waals surface area contributed by atoms with Crippen molar-refractivity contribution in [2.75, 3.05) is 6.54 Å². The molecule has 100 valence electrons. The van der Waals surface area contributed by atoms with Crippen molar-refractivity contribution >= 4 is 34.6 Å². The average Bonchev–Trinajstić information content (AvgIpc) is 2.84. The van der Waals surface area contributed by atoms with E-state index in [9.17, 15) is 9.59 Å². The normalized spacial score (nSPS) is 11.8. The number of carboxylic acids is 1. The first-order valence-corrected chi connectivity index (χ1v) is 6.62. The number of unbranched alkanes of at least 4 members (excludes halogenated alkanes) is 1. The number of nitrogens with one attached hydrogen (secondary N) is 1. The second-order valence-corrected chi connectivity index (χ2v) is 4.60. The topological polar surface area (TPSA) is 91.1 Å². The molecule has 2 N–H and O–H groups in total. The molecule has 0 bridgehead atoms. The van der Waals surface area contributed by atoms with Crippen LogP contribution in [0.15, 0.2) is 26.9 Å². The van der Waals surface area contributed by atoms with E-state index in [1.807, 2.05) is 0 Å². The predicted octanol–water partition coefficient (Wildman–Crippen LogP) is 2.40. The number of rotatable bonds is 6. The lowest BCUT2D eigenvalue weighted by Gasteiger charge is -2.05. The van der Waals surface area contributed by atoms with Crippen molar-refractivity contribution in [3.8, 4) is 0 Å². The van der Waals surface area contributed by atoms with Gasteiger partial charge in [-0.05, 0) is 31.0 Å². The monoisotopic (exact) mass is 279 g/mol. The summed E-state index contributed by atoms with van der Waals surface area (Å²) in [6.07, 6.45) is 1.34. The van der Waals surface area contributed by atoms with Crippen LogP contribution in [0.25, 0.3) is 0 Å². The Morgan fingerprint density at radius 1 is 1.21 bits per heavy atom. The third kappa shape index (κ3) is 3.72. The number of carboxylic acid groups (broad SMARTS) is 1. The molecular formula is C12H13N3O3S. The highest BCUT2D eigenvalue weighted by molar-refractivity contribution is 7.58. The lowest BCUT2D eigenvalue weighted by Crippen LogP contribution is -2.24. The molecule has 6 nitrogen and oxygen atoms in total. The molecule has 1 aromatic carbocycles. The van der Waals surface area contributed by atoms with Gasteiger partial charge in [0.2, 0.25) is 0 Å². The van der Waals surface area contributed by atoms with Gasteiger partial charge in [-0.15, -0.1) is 0 Å². The third-order valence-corrected chi connectivity index (χ3v) is 3.18. The van der Waals surface area contributed by atoms with Crippen LogP contribution >= 0.6 is 0 Å². The fourth-order valence-electron chi connectivity index (χ4n) is 1.63. The van der Waals surface area contributed by atoms with E-state index in [0.717, 1.165) is 17.0 Å². The lowest BCUT2D eigenvalue weighted by atomic mass is 10.1. The zero-order valence-corrected chi connectivity index (χ0v) is 10.9. The molecule has 0 spiro atoms. The SMILES string of the molecule is O=C(O)CCCCNC(=O)c1ccc2c(c1)N=S=N2. The van der Waals surface area contributed by atoms with Crippen LogP contribution < -0.4 is 5.32 Å². The van der Waals surface area contributed by atoms with Crippen molar-refractivity contribution < 1.29 is 14.7 Å². The van der Waals surface area contributed by atoms with Crippen LogP contribution in [-0.2, 0) is 16.1 Å². The summed E-state index contributed by atoms with van der Waals surface area (Å²) in [5, 5.41) is 11.2. The summed E-state index contributed by atoms with van der Waals surface area (Å²) in [5.41, 5.74) is 2.03. The molecule has 0 radical (unpaired) electrons. The van der Waals surface area contributed by atoms with Gasteiger partial charge in [0.1, 0.15) is 11.4 Å². The molecule has 1 aliphatic heterocycles. The molecule has 0 fully saturated rings. The van der Waals surface area contributed by atoms with E-state index in [0.29, 0.717) is 30.6 Å². The van der Waals surface area contributed by atoms with Gasteiger partial charge >= 0.3 is 5.97 Å². The number of carbonyl (C=O) groups is 2. The predicted molar refractivity (Wildman–Crippen MR) is 71.8 cm³/mol. The van der Waals surface area contributed by atoms with Crippen LogP contribution in [0.2, 0.25) is 0 Å². The molecule has 0 saturated carbocycles. The van der Waals surface area contributed by atoms with Gasteiger partial charge in [-0.1, -0.05) is 0 Å². The highest BCUT2D eigenvalue weighted by atomic mass is 32.1. The van der Waals surface area contributed by atoms with Crippen molar-refractivity contribution in [2.45, 2.75) is 19.3 Å². The Labute approximate surface area is 113 Å². The molecular weight excluding hydrogens is 266 g/mol. The number of fused-ring (bicyclic) bond motifs is 1. The minimum absolute atomic E-state index is 0.131. The molecule has 1 aliphatic rings. The summed E-state index contributed by atoms with van der Waals surface area (Å²) in [5.74, 6) is -0.988. The zero-order valence-electron chi connectivity index (χ0n) is 10.1. The van der Waals surface area contributed by atoms with Crippen LogP contribution in [-0.4, -0.2) is 23.5 Å². The summed E-state index contributed by atoms with van der Waals surface area (Å²) in [6, 6.07) is 5.17. The van der Waals surface area contributed by atoms with E-state index in [4.69, 9.17) is 5.11 Å². The van der Waals surface area contributed by atoms with Gasteiger partial charge in [0, 0.05) is 18.5 Å². The minimum atomic E-state index is -0.812. The second kappa shape index (κ2) is 6.24. The summed E-state index contributed by atoms with van der Waals surface area (Å²) >= 11 is 1.11. The van der Waals surface area contributed by atoms with Crippen LogP contribution in [0, 0.1) is 0 Å². The first kappa shape index (κ1) is 13.4. The Balaban J connectivity index is 1.80. The van der Waals surface area contributed by atoms with Gasteiger partial charge in [0.05, 0.1) is 11.4 Å². The van der Waals surface area contributed by atoms with Crippen LogP contribution in [0.4, 0.5) is 11.4 Å². The molecule has 1 heterocycles. The van der Waals surface area contributed by atoms with E-state index in [-0.39, 0.29) is 12.3 Å². The van der Waals surface area contributed by atoms with Gasteiger partial charge in [0.25, 0.3) is 5.91 Å². The maximum Gasteiger partial charge on any atom is 0.303 e. The fourth-order valence-corrected chi connectivity index (χ4v) is 2.15. The van der Waals surface area contributed by atoms with Crippen LogP contribution in [0.5, 0.6) is 0 Å². The molecule has 0 saturated heterocycles. The number of hydrogen-bond donors (Lipinski definition) is 2. The van der Waals surface area contributed by atoms with Gasteiger partial charge < -0.3 is 10.4 Å². The molecule has 1 amide bonds. The minimum Gasteiger partial charge on any atom is -0.481 e. The molecule has 0 atom stereocenters. The van der Waals surface area contributed by atoms with Gasteiger partial charge in [-0.3, -0.25) is 9.59 Å². The van der Waals surface area contributed by atoms with E-state index in [1.165, 1.54) is 0 Å². The Kier molecular flexibility index (Phi) is 4.40. The van der Waals surface area contributed by atoms with Crippen LogP contribution in [0.3, 0.4) is 0 Å². The maximum absolute atomic E-state index is 11.8. The quantitative estimate of drug-likeness (QED) is 0.795. The van der Waals surface area contributed by atoms with Crippen LogP contribution in [0.1, 0.15) is 29.6 Å². The summed E-state index contributed by atoms with van der Waals surface area (Å²) in [7, 11) is 0. The zero-order chi connectivity index (χ0) is 13.7. The number of nitrogens with zero attached hydrogens (tertiary/aromatic N) is 2. The van der Waals surface area contributed by atoms with E-state index in [1.54, 1.807) is 18.2 Å². The first-order valence-electron chi connectivity index (χ1n) is 5.89. The van der Waals surface area contributed by atoms with Gasteiger partial charge in [-0.25, -0.2) is 0 Å². The molecule has 19 heavy (non-hydrogen) atoms. The molecule has 0 aliphatic carbocycles. The average molecular weight is 279 g/mol. The molecule has 0 aromatic heterocycles. The Morgan fingerprint density at radius 3 is 2.79 bits per heavy atom. The Bertz CT molecular complexity index is 580. The summed E-state index contributed by atoms with van der Waals surface area (Å²) in [4.78, 5) is 22.2. The highest BCUT2D eigenvalue weighted by Gasteiger charge is 2.10. The van der Waals surface area contributed by atoms with Gasteiger partial charge in [0.15, 0.2) is 0 Å². The smallest absolute Gasteiger partial charge is 0.303 e. The summed E-state index contributed by atoms with van der Waals surface area (Å²) < 4.78 is 8.14. The molecule has 2 rings (SSSR count).